The first kappa shape index (κ1) is 13.0. The van der Waals surface area contributed by atoms with Gasteiger partial charge in [-0.15, -0.1) is 0 Å². The second-order valence-corrected chi connectivity index (χ2v) is 4.68. The normalized spacial score (nSPS) is 10.4. The van der Waals surface area contributed by atoms with Gasteiger partial charge in [0, 0.05) is 18.3 Å². The zero-order chi connectivity index (χ0) is 13.0. The third-order valence-corrected chi connectivity index (χ3v) is 2.97. The smallest absolute Gasteiger partial charge is 0.161 e. The molecule has 0 bridgehead atoms. The molecule has 2 aromatic rings. The molecule has 0 aliphatic heterocycles. The third-order valence-electron chi connectivity index (χ3n) is 2.39. The van der Waals surface area contributed by atoms with Crippen molar-refractivity contribution < 1.29 is 4.39 Å². The number of hydrogen-bond acceptors (Lipinski definition) is 3. The maximum Gasteiger partial charge on any atom is 0.161 e. The minimum absolute atomic E-state index is 0.264. The van der Waals surface area contributed by atoms with Crippen LogP contribution in [0.1, 0.15) is 13.3 Å². The minimum Gasteiger partial charge on any atom is -0.369 e. The summed E-state index contributed by atoms with van der Waals surface area (Å²) in [5, 5.41) is 3.21. The zero-order valence-electron chi connectivity index (χ0n) is 9.95. The molecule has 0 radical (unpaired) electrons. The second kappa shape index (κ2) is 5.91. The quantitative estimate of drug-likeness (QED) is 0.931. The molecule has 0 saturated heterocycles. The SMILES string of the molecule is CCCNc1nc(-c2ccc(F)cc2)ncc1Br. The van der Waals surface area contributed by atoms with Gasteiger partial charge in [-0.3, -0.25) is 0 Å². The average molecular weight is 310 g/mol. The lowest BCUT2D eigenvalue weighted by Crippen LogP contribution is -2.04. The summed E-state index contributed by atoms with van der Waals surface area (Å²) in [5.41, 5.74) is 0.795. The van der Waals surface area contributed by atoms with Gasteiger partial charge < -0.3 is 5.32 Å². The van der Waals surface area contributed by atoms with Gasteiger partial charge in [-0.1, -0.05) is 6.92 Å². The van der Waals surface area contributed by atoms with E-state index in [1.807, 2.05) is 0 Å². The number of rotatable bonds is 4. The van der Waals surface area contributed by atoms with E-state index in [0.29, 0.717) is 5.82 Å². The molecule has 0 amide bonds. The van der Waals surface area contributed by atoms with Crippen molar-refractivity contribution >= 4 is 21.7 Å². The Morgan fingerprint density at radius 1 is 1.28 bits per heavy atom. The molecule has 0 fully saturated rings. The van der Waals surface area contributed by atoms with Crippen molar-refractivity contribution in [2.24, 2.45) is 0 Å². The molecule has 1 aromatic heterocycles. The van der Waals surface area contributed by atoms with Crippen LogP contribution >= 0.6 is 15.9 Å². The van der Waals surface area contributed by atoms with E-state index in [-0.39, 0.29) is 5.82 Å². The Hall–Kier alpha value is -1.49. The van der Waals surface area contributed by atoms with Crippen molar-refractivity contribution in [3.63, 3.8) is 0 Å². The van der Waals surface area contributed by atoms with Crippen molar-refractivity contribution in [1.29, 1.82) is 0 Å². The van der Waals surface area contributed by atoms with E-state index >= 15 is 0 Å². The van der Waals surface area contributed by atoms with Gasteiger partial charge in [-0.25, -0.2) is 14.4 Å². The predicted molar refractivity (Wildman–Crippen MR) is 73.9 cm³/mol. The molecule has 1 aromatic carbocycles. The lowest BCUT2D eigenvalue weighted by atomic mass is 10.2. The number of halogens is 2. The van der Waals surface area contributed by atoms with E-state index in [2.05, 4.69) is 38.1 Å². The van der Waals surface area contributed by atoms with Crippen LogP contribution in [-0.2, 0) is 0 Å². The van der Waals surface area contributed by atoms with Crippen LogP contribution in [0.2, 0.25) is 0 Å². The summed E-state index contributed by atoms with van der Waals surface area (Å²) in [7, 11) is 0. The monoisotopic (exact) mass is 309 g/mol. The number of aromatic nitrogens is 2. The summed E-state index contributed by atoms with van der Waals surface area (Å²) in [5.74, 6) is 1.07. The van der Waals surface area contributed by atoms with Crippen molar-refractivity contribution in [3.05, 3.63) is 40.8 Å². The highest BCUT2D eigenvalue weighted by Gasteiger charge is 2.06. The van der Waals surface area contributed by atoms with E-state index in [1.54, 1.807) is 18.3 Å². The van der Waals surface area contributed by atoms with Gasteiger partial charge in [0.25, 0.3) is 0 Å². The highest BCUT2D eigenvalue weighted by atomic mass is 79.9. The van der Waals surface area contributed by atoms with Crippen LogP contribution in [0.25, 0.3) is 11.4 Å². The van der Waals surface area contributed by atoms with E-state index in [0.717, 1.165) is 28.8 Å². The van der Waals surface area contributed by atoms with Crippen molar-refractivity contribution in [1.82, 2.24) is 9.97 Å². The molecule has 0 atom stereocenters. The van der Waals surface area contributed by atoms with Crippen molar-refractivity contribution in [2.45, 2.75) is 13.3 Å². The predicted octanol–water partition coefficient (Wildman–Crippen LogP) is 3.87. The molecule has 0 saturated carbocycles. The Kier molecular flexibility index (Phi) is 4.25. The van der Waals surface area contributed by atoms with Crippen LogP contribution in [0.3, 0.4) is 0 Å². The summed E-state index contributed by atoms with van der Waals surface area (Å²) in [6, 6.07) is 6.14. The molecule has 18 heavy (non-hydrogen) atoms. The topological polar surface area (TPSA) is 37.8 Å². The number of nitrogens with zero attached hydrogens (tertiary/aromatic N) is 2. The summed E-state index contributed by atoms with van der Waals surface area (Å²) in [6.07, 6.45) is 2.71. The fourth-order valence-corrected chi connectivity index (χ4v) is 1.80. The molecule has 0 spiro atoms. The van der Waals surface area contributed by atoms with Gasteiger partial charge in [-0.05, 0) is 46.6 Å². The van der Waals surface area contributed by atoms with Crippen LogP contribution in [0.15, 0.2) is 34.9 Å². The Balaban J connectivity index is 2.31. The van der Waals surface area contributed by atoms with Gasteiger partial charge in [0.05, 0.1) is 4.47 Å². The maximum absolute atomic E-state index is 12.9. The molecule has 1 heterocycles. The second-order valence-electron chi connectivity index (χ2n) is 3.82. The Morgan fingerprint density at radius 3 is 2.67 bits per heavy atom. The van der Waals surface area contributed by atoms with Gasteiger partial charge in [0.1, 0.15) is 11.6 Å². The fourth-order valence-electron chi connectivity index (χ4n) is 1.47. The first-order chi connectivity index (χ1) is 8.70. The van der Waals surface area contributed by atoms with Crippen LogP contribution in [0.5, 0.6) is 0 Å². The molecule has 94 valence electrons. The first-order valence-corrected chi connectivity index (χ1v) is 6.52. The largest absolute Gasteiger partial charge is 0.369 e. The Morgan fingerprint density at radius 2 is 2.00 bits per heavy atom. The van der Waals surface area contributed by atoms with Crippen LogP contribution in [-0.4, -0.2) is 16.5 Å². The molecular formula is C13H13BrFN3. The average Bonchev–Trinajstić information content (AvgIpc) is 2.39. The summed E-state index contributed by atoms with van der Waals surface area (Å²) >= 11 is 3.40. The molecule has 0 aliphatic carbocycles. The fraction of sp³-hybridized carbons (Fsp3) is 0.231. The molecule has 0 aliphatic rings. The van der Waals surface area contributed by atoms with Gasteiger partial charge in [-0.2, -0.15) is 0 Å². The highest BCUT2D eigenvalue weighted by Crippen LogP contribution is 2.23. The summed E-state index contributed by atoms with van der Waals surface area (Å²) < 4.78 is 13.7. The number of hydrogen-bond donors (Lipinski definition) is 1. The Bertz CT molecular complexity index is 528. The molecule has 2 rings (SSSR count). The highest BCUT2D eigenvalue weighted by molar-refractivity contribution is 9.10. The van der Waals surface area contributed by atoms with E-state index in [1.165, 1.54) is 12.1 Å². The van der Waals surface area contributed by atoms with Crippen LogP contribution in [0.4, 0.5) is 10.2 Å². The first-order valence-electron chi connectivity index (χ1n) is 5.73. The molecule has 1 N–H and O–H groups in total. The molecule has 5 heteroatoms. The lowest BCUT2D eigenvalue weighted by Gasteiger charge is -2.08. The summed E-state index contributed by atoms with van der Waals surface area (Å²) in [4.78, 5) is 8.64. The zero-order valence-corrected chi connectivity index (χ0v) is 11.5. The van der Waals surface area contributed by atoms with Crippen molar-refractivity contribution in [2.75, 3.05) is 11.9 Å². The van der Waals surface area contributed by atoms with E-state index in [9.17, 15) is 4.39 Å². The van der Waals surface area contributed by atoms with Gasteiger partial charge in [0.2, 0.25) is 0 Å². The Labute approximate surface area is 114 Å². The third kappa shape index (κ3) is 3.04. The summed E-state index contributed by atoms with van der Waals surface area (Å²) in [6.45, 7) is 2.93. The van der Waals surface area contributed by atoms with Crippen LogP contribution in [0, 0.1) is 5.82 Å². The van der Waals surface area contributed by atoms with Crippen LogP contribution < -0.4 is 5.32 Å². The van der Waals surface area contributed by atoms with E-state index < -0.39 is 0 Å². The van der Waals surface area contributed by atoms with Crippen molar-refractivity contribution in [3.8, 4) is 11.4 Å². The van der Waals surface area contributed by atoms with Gasteiger partial charge >= 0.3 is 0 Å². The molecule has 3 nitrogen and oxygen atoms in total. The number of nitrogens with one attached hydrogen (secondary N) is 1. The maximum atomic E-state index is 12.9. The number of benzene rings is 1. The number of anilines is 1. The van der Waals surface area contributed by atoms with E-state index in [4.69, 9.17) is 0 Å². The lowest BCUT2D eigenvalue weighted by molar-refractivity contribution is 0.628. The standard InChI is InChI=1S/C13H13BrFN3/c1-2-7-16-13-11(14)8-17-12(18-13)9-3-5-10(15)6-4-9/h3-6,8H,2,7H2,1H3,(H,16,17,18). The minimum atomic E-state index is -0.264. The van der Waals surface area contributed by atoms with Gasteiger partial charge in [0.15, 0.2) is 5.82 Å². The molecule has 0 unspecified atom stereocenters. The molecular weight excluding hydrogens is 297 g/mol.